The monoisotopic (exact) mass is 365 g/mol. The van der Waals surface area contributed by atoms with Crippen LogP contribution in [0.2, 0.25) is 24.7 Å². The fraction of sp³-hybridized carbons (Fsp3) is 0.417. The Morgan fingerprint density at radius 2 is 2.11 bits per heavy atom. The average molecular weight is 367 g/mol. The third-order valence-corrected chi connectivity index (χ3v) is 7.51. The van der Waals surface area contributed by atoms with E-state index in [0.717, 1.165) is 15.4 Å². The summed E-state index contributed by atoms with van der Waals surface area (Å²) >= 11 is 11.0. The average Bonchev–Trinajstić information content (AvgIpc) is 2.27. The summed E-state index contributed by atoms with van der Waals surface area (Å²) in [5.74, 6) is 0.618. The Balaban J connectivity index is 2.82. The highest BCUT2D eigenvalue weighted by Crippen LogP contribution is 2.24. The molecule has 2 nitrogen and oxygen atoms in total. The minimum atomic E-state index is -1.09. The van der Waals surface area contributed by atoms with Gasteiger partial charge >= 0.3 is 0 Å². The molecule has 0 aliphatic carbocycles. The van der Waals surface area contributed by atoms with Gasteiger partial charge in [0.15, 0.2) is 0 Å². The molecule has 0 atom stereocenters. The second kappa shape index (κ2) is 6.98. The van der Waals surface area contributed by atoms with Crippen LogP contribution in [0.25, 0.3) is 0 Å². The normalized spacial score (nSPS) is 12.7. The van der Waals surface area contributed by atoms with E-state index < -0.39 is 8.07 Å². The first kappa shape index (κ1) is 16.1. The van der Waals surface area contributed by atoms with Gasteiger partial charge in [0.2, 0.25) is 5.90 Å². The van der Waals surface area contributed by atoms with Crippen LogP contribution < -0.4 is 0 Å². The summed E-state index contributed by atoms with van der Waals surface area (Å²) in [5, 5.41) is 1.73. The summed E-state index contributed by atoms with van der Waals surface area (Å²) in [7, 11) is 0.538. The van der Waals surface area contributed by atoms with E-state index in [9.17, 15) is 0 Å². The summed E-state index contributed by atoms with van der Waals surface area (Å²) in [4.78, 5) is 0. The summed E-state index contributed by atoms with van der Waals surface area (Å²) in [5.41, 5.74) is 0.897. The number of halogens is 2. The molecule has 0 aliphatic rings. The molecular weight excluding hydrogens is 350 g/mol. The van der Waals surface area contributed by atoms with Crippen molar-refractivity contribution in [2.45, 2.75) is 19.6 Å². The molecular formula is C12H17BrClNOSSi. The quantitative estimate of drug-likeness (QED) is 0.323. The smallest absolute Gasteiger partial charge is 0.227 e. The second-order valence-corrected chi connectivity index (χ2v) is 13.0. The molecule has 0 aromatic heterocycles. The van der Waals surface area contributed by atoms with Crippen molar-refractivity contribution in [1.82, 2.24) is 0 Å². The zero-order valence-corrected chi connectivity index (χ0v) is 15.1. The van der Waals surface area contributed by atoms with Crippen LogP contribution in [0.5, 0.6) is 0 Å². The first-order valence-corrected chi connectivity index (χ1v) is 11.3. The van der Waals surface area contributed by atoms with E-state index in [-0.39, 0.29) is 0 Å². The zero-order chi connectivity index (χ0) is 13.8. The van der Waals surface area contributed by atoms with Gasteiger partial charge in [-0.2, -0.15) is 4.40 Å². The van der Waals surface area contributed by atoms with E-state index in [1.54, 1.807) is 19.1 Å². The number of rotatable bonds is 4. The summed E-state index contributed by atoms with van der Waals surface area (Å²) < 4.78 is 10.6. The molecule has 18 heavy (non-hydrogen) atoms. The van der Waals surface area contributed by atoms with Crippen molar-refractivity contribution in [3.05, 3.63) is 33.3 Å². The number of hydrogen-bond acceptors (Lipinski definition) is 3. The maximum Gasteiger partial charge on any atom is 0.227 e. The van der Waals surface area contributed by atoms with Crippen molar-refractivity contribution >= 4 is 53.5 Å². The lowest BCUT2D eigenvalue weighted by molar-refractivity contribution is 0.406. The molecule has 0 spiro atoms. The van der Waals surface area contributed by atoms with Gasteiger partial charge in [0.25, 0.3) is 0 Å². The van der Waals surface area contributed by atoms with Crippen molar-refractivity contribution in [3.8, 4) is 0 Å². The molecule has 6 heteroatoms. The summed E-state index contributed by atoms with van der Waals surface area (Å²) in [6.45, 7) is 6.95. The molecule has 0 saturated heterocycles. The Bertz CT molecular complexity index is 448. The van der Waals surface area contributed by atoms with Crippen molar-refractivity contribution in [1.29, 1.82) is 0 Å². The van der Waals surface area contributed by atoms with E-state index >= 15 is 0 Å². The largest absolute Gasteiger partial charge is 0.480 e. The van der Waals surface area contributed by atoms with Gasteiger partial charge in [-0.15, -0.1) is 0 Å². The number of hydrogen-bond donors (Lipinski definition) is 0. The lowest BCUT2D eigenvalue weighted by Gasteiger charge is -2.13. The Morgan fingerprint density at radius 3 is 2.61 bits per heavy atom. The SMILES string of the molecule is COC(=NSC[Si](C)(C)C)c1ccc(Br)c(Cl)c1. The second-order valence-electron chi connectivity index (χ2n) is 5.06. The van der Waals surface area contributed by atoms with Gasteiger partial charge in [-0.1, -0.05) is 31.2 Å². The topological polar surface area (TPSA) is 21.6 Å². The van der Waals surface area contributed by atoms with Gasteiger partial charge in [0.1, 0.15) is 0 Å². The van der Waals surface area contributed by atoms with Crippen LogP contribution >= 0.6 is 39.5 Å². The standard InChI is InChI=1S/C12H17BrClNOSSi/c1-16-12(15-17-8-18(2,3)4)9-5-6-10(13)11(14)7-9/h5-7H,8H2,1-4H3. The van der Waals surface area contributed by atoms with Gasteiger partial charge in [-0.25, -0.2) is 0 Å². The van der Waals surface area contributed by atoms with E-state index in [1.807, 2.05) is 18.2 Å². The van der Waals surface area contributed by atoms with E-state index in [2.05, 4.69) is 40.0 Å². The van der Waals surface area contributed by atoms with E-state index in [1.165, 1.54) is 0 Å². The van der Waals surface area contributed by atoms with Crippen molar-refractivity contribution < 1.29 is 4.74 Å². The molecule has 0 aliphatic heterocycles. The molecule has 0 heterocycles. The van der Waals surface area contributed by atoms with Gasteiger partial charge in [0, 0.05) is 15.4 Å². The molecule has 0 amide bonds. The van der Waals surface area contributed by atoms with Crippen LogP contribution in [0, 0.1) is 0 Å². The highest BCUT2D eigenvalue weighted by molar-refractivity contribution is 9.10. The van der Waals surface area contributed by atoms with Crippen LogP contribution in [-0.4, -0.2) is 26.5 Å². The van der Waals surface area contributed by atoms with E-state index in [4.69, 9.17) is 16.3 Å². The summed E-state index contributed by atoms with van der Waals surface area (Å²) in [6, 6.07) is 5.69. The maximum absolute atomic E-state index is 6.06. The minimum absolute atomic E-state index is 0.618. The highest BCUT2D eigenvalue weighted by Gasteiger charge is 2.13. The van der Waals surface area contributed by atoms with Gasteiger partial charge < -0.3 is 4.74 Å². The van der Waals surface area contributed by atoms with Crippen LogP contribution in [0.15, 0.2) is 27.1 Å². The molecule has 0 unspecified atom stereocenters. The fourth-order valence-corrected chi connectivity index (χ4v) is 3.65. The summed E-state index contributed by atoms with van der Waals surface area (Å²) in [6.07, 6.45) is 0. The predicted molar refractivity (Wildman–Crippen MR) is 88.5 cm³/mol. The molecule has 1 aromatic carbocycles. The van der Waals surface area contributed by atoms with Gasteiger partial charge in [-0.3, -0.25) is 0 Å². The molecule has 1 rings (SSSR count). The molecule has 100 valence electrons. The number of nitrogens with zero attached hydrogens (tertiary/aromatic N) is 1. The molecule has 0 fully saturated rings. The maximum atomic E-state index is 6.06. The highest BCUT2D eigenvalue weighted by atomic mass is 79.9. The van der Waals surface area contributed by atoms with Crippen LogP contribution in [0.1, 0.15) is 5.56 Å². The Labute approximate surface area is 127 Å². The Kier molecular flexibility index (Phi) is 6.24. The Morgan fingerprint density at radius 1 is 1.44 bits per heavy atom. The van der Waals surface area contributed by atoms with Gasteiger partial charge in [0.05, 0.1) is 20.2 Å². The van der Waals surface area contributed by atoms with Crippen LogP contribution in [0.4, 0.5) is 0 Å². The van der Waals surface area contributed by atoms with Crippen molar-refractivity contribution in [3.63, 3.8) is 0 Å². The lowest BCUT2D eigenvalue weighted by Crippen LogP contribution is -2.23. The zero-order valence-electron chi connectivity index (χ0n) is 11.0. The van der Waals surface area contributed by atoms with Gasteiger partial charge in [-0.05, 0) is 46.1 Å². The van der Waals surface area contributed by atoms with Crippen LogP contribution in [0.3, 0.4) is 0 Å². The number of methoxy groups -OCH3 is 1. The molecule has 1 aromatic rings. The minimum Gasteiger partial charge on any atom is -0.480 e. The number of ether oxygens (including phenoxy) is 1. The van der Waals surface area contributed by atoms with Crippen molar-refractivity contribution in [2.24, 2.45) is 4.40 Å². The third-order valence-electron chi connectivity index (χ3n) is 2.00. The Hall–Kier alpha value is 0.0269. The molecule has 0 N–H and O–H groups in total. The lowest BCUT2D eigenvalue weighted by atomic mass is 10.2. The van der Waals surface area contributed by atoms with E-state index in [0.29, 0.717) is 10.9 Å². The molecule has 0 bridgehead atoms. The first-order chi connectivity index (χ1) is 8.33. The first-order valence-electron chi connectivity index (χ1n) is 5.53. The molecule has 0 radical (unpaired) electrons. The number of benzene rings is 1. The van der Waals surface area contributed by atoms with Crippen molar-refractivity contribution in [2.75, 3.05) is 12.5 Å². The van der Waals surface area contributed by atoms with Crippen LogP contribution in [-0.2, 0) is 4.74 Å². The fourth-order valence-electron chi connectivity index (χ4n) is 1.12. The third kappa shape index (κ3) is 5.34. The predicted octanol–water partition coefficient (Wildman–Crippen LogP) is 5.02. The molecule has 0 saturated carbocycles.